The van der Waals surface area contributed by atoms with Crippen molar-refractivity contribution in [3.05, 3.63) is 64.4 Å². The van der Waals surface area contributed by atoms with Gasteiger partial charge in [0.15, 0.2) is 5.13 Å². The lowest BCUT2D eigenvalue weighted by atomic mass is 10.2. The van der Waals surface area contributed by atoms with E-state index in [1.165, 1.54) is 11.3 Å². The highest BCUT2D eigenvalue weighted by Crippen LogP contribution is 2.28. The van der Waals surface area contributed by atoms with Gasteiger partial charge in [0.25, 0.3) is 5.56 Å². The van der Waals surface area contributed by atoms with Gasteiger partial charge in [-0.3, -0.25) is 4.79 Å². The van der Waals surface area contributed by atoms with Crippen molar-refractivity contribution in [2.75, 3.05) is 11.9 Å². The number of hydrogen-bond acceptors (Lipinski definition) is 4. The summed E-state index contributed by atoms with van der Waals surface area (Å²) in [6.07, 6.45) is 0. The van der Waals surface area contributed by atoms with E-state index in [0.717, 1.165) is 16.0 Å². The molecule has 0 bridgehead atoms. The highest BCUT2D eigenvalue weighted by atomic mass is 32.1. The van der Waals surface area contributed by atoms with Crippen LogP contribution < -0.4 is 10.5 Å². The highest BCUT2D eigenvalue weighted by molar-refractivity contribution is 7.21. The number of fused-ring (bicyclic) bond motifs is 1. The minimum Gasteiger partial charge on any atom is -0.321 e. The maximum absolute atomic E-state index is 12.2. The van der Waals surface area contributed by atoms with Crippen molar-refractivity contribution in [1.29, 1.82) is 0 Å². The maximum atomic E-state index is 12.2. The van der Waals surface area contributed by atoms with E-state index in [1.807, 2.05) is 67.4 Å². The Kier molecular flexibility index (Phi) is 3.24. The smallest absolute Gasteiger partial charge is 0.281 e. The van der Waals surface area contributed by atoms with Gasteiger partial charge >= 0.3 is 0 Å². The van der Waals surface area contributed by atoms with Crippen LogP contribution in [0.4, 0.5) is 10.8 Å². The minimum absolute atomic E-state index is 0.166. The number of para-hydroxylation sites is 1. The largest absolute Gasteiger partial charge is 0.321 e. The molecule has 0 N–H and O–H groups in total. The van der Waals surface area contributed by atoms with E-state index in [2.05, 4.69) is 4.98 Å². The van der Waals surface area contributed by atoms with E-state index in [9.17, 15) is 4.79 Å². The number of rotatable bonds is 2. The Labute approximate surface area is 121 Å². The van der Waals surface area contributed by atoms with E-state index >= 15 is 0 Å². The molecule has 0 fully saturated rings. The summed E-state index contributed by atoms with van der Waals surface area (Å²) in [5, 5.41) is 1.40. The fourth-order valence-electron chi connectivity index (χ4n) is 2.07. The van der Waals surface area contributed by atoms with Gasteiger partial charge in [0.05, 0.1) is 5.39 Å². The molecule has 3 rings (SSSR count). The second kappa shape index (κ2) is 5.06. The summed E-state index contributed by atoms with van der Waals surface area (Å²) in [4.78, 5) is 18.3. The second-order valence-electron chi connectivity index (χ2n) is 4.70. The van der Waals surface area contributed by atoms with Crippen LogP contribution in [-0.2, 0) is 0 Å². The lowest BCUT2D eigenvalue weighted by Crippen LogP contribution is -2.15. The molecule has 0 amide bonds. The number of benzene rings is 2. The van der Waals surface area contributed by atoms with Crippen LogP contribution in [-0.4, -0.2) is 12.0 Å². The van der Waals surface area contributed by atoms with Crippen molar-refractivity contribution in [1.82, 2.24) is 4.98 Å². The number of anilines is 2. The zero-order chi connectivity index (χ0) is 14.1. The van der Waals surface area contributed by atoms with Gasteiger partial charge in [0, 0.05) is 17.4 Å². The summed E-state index contributed by atoms with van der Waals surface area (Å²) in [6.45, 7) is 1.98. The number of hydrogen-bond donors (Lipinski definition) is 0. The van der Waals surface area contributed by atoms with Gasteiger partial charge in [0.2, 0.25) is 0 Å². The molecule has 0 atom stereocenters. The maximum Gasteiger partial charge on any atom is 0.281 e. The molecular formula is C16H14N2OS. The van der Waals surface area contributed by atoms with E-state index in [0.29, 0.717) is 10.5 Å². The van der Waals surface area contributed by atoms with Gasteiger partial charge in [-0.05, 0) is 31.2 Å². The summed E-state index contributed by atoms with van der Waals surface area (Å²) < 4.78 is 0.966. The standard InChI is InChI=1S/C16H14N2OS/c1-11-8-9-14-13(10-11)15(19)17-16(20-14)18(2)12-6-4-3-5-7-12/h3-10H,1-2H3. The molecule has 3 aromatic rings. The van der Waals surface area contributed by atoms with Crippen LogP contribution in [0.5, 0.6) is 0 Å². The average molecular weight is 282 g/mol. The minimum atomic E-state index is -0.166. The molecule has 3 nitrogen and oxygen atoms in total. The third-order valence-corrected chi connectivity index (χ3v) is 4.32. The third kappa shape index (κ3) is 2.30. The fraction of sp³-hybridized carbons (Fsp3) is 0.125. The van der Waals surface area contributed by atoms with Crippen molar-refractivity contribution < 1.29 is 0 Å². The molecule has 100 valence electrons. The first-order valence-corrected chi connectivity index (χ1v) is 7.17. The van der Waals surface area contributed by atoms with Crippen LogP contribution in [0.25, 0.3) is 10.1 Å². The first kappa shape index (κ1) is 12.8. The third-order valence-electron chi connectivity index (χ3n) is 3.19. The zero-order valence-corrected chi connectivity index (χ0v) is 12.1. The van der Waals surface area contributed by atoms with Crippen molar-refractivity contribution >= 4 is 32.2 Å². The van der Waals surface area contributed by atoms with Crippen LogP contribution in [0.3, 0.4) is 0 Å². The molecule has 1 aromatic heterocycles. The second-order valence-corrected chi connectivity index (χ2v) is 5.70. The normalized spacial score (nSPS) is 10.7. The molecule has 0 spiro atoms. The molecule has 0 aliphatic rings. The average Bonchev–Trinajstić information content (AvgIpc) is 2.48. The first-order chi connectivity index (χ1) is 9.65. The van der Waals surface area contributed by atoms with Gasteiger partial charge in [-0.1, -0.05) is 41.2 Å². The predicted molar refractivity (Wildman–Crippen MR) is 85.1 cm³/mol. The Morgan fingerprint density at radius 1 is 1.10 bits per heavy atom. The molecule has 0 unspecified atom stereocenters. The Hall–Kier alpha value is -2.20. The molecule has 20 heavy (non-hydrogen) atoms. The SMILES string of the molecule is Cc1ccc2sc(N(C)c3ccccc3)nc(=O)c2c1. The van der Waals surface area contributed by atoms with Crippen molar-refractivity contribution in [3.8, 4) is 0 Å². The molecule has 0 aliphatic heterocycles. The van der Waals surface area contributed by atoms with Crippen LogP contribution >= 0.6 is 11.3 Å². The Morgan fingerprint density at radius 2 is 1.85 bits per heavy atom. The Balaban J connectivity index is 2.14. The lowest BCUT2D eigenvalue weighted by Gasteiger charge is -2.17. The molecule has 0 saturated heterocycles. The lowest BCUT2D eigenvalue weighted by molar-refractivity contribution is 1.14. The number of aromatic nitrogens is 1. The van der Waals surface area contributed by atoms with Crippen molar-refractivity contribution in [3.63, 3.8) is 0 Å². The van der Waals surface area contributed by atoms with Gasteiger partial charge in [-0.2, -0.15) is 4.98 Å². The summed E-state index contributed by atoms with van der Waals surface area (Å²) in [5.74, 6) is 0. The van der Waals surface area contributed by atoms with Crippen LogP contribution in [0.2, 0.25) is 0 Å². The summed E-state index contributed by atoms with van der Waals surface area (Å²) in [5.41, 5.74) is 1.93. The van der Waals surface area contributed by atoms with Crippen molar-refractivity contribution in [2.24, 2.45) is 0 Å². The van der Waals surface area contributed by atoms with Crippen LogP contribution in [0, 0.1) is 6.92 Å². The van der Waals surface area contributed by atoms with Gasteiger partial charge in [-0.25, -0.2) is 0 Å². The van der Waals surface area contributed by atoms with Crippen molar-refractivity contribution in [2.45, 2.75) is 6.92 Å². The summed E-state index contributed by atoms with van der Waals surface area (Å²) in [6, 6.07) is 15.8. The van der Waals surface area contributed by atoms with E-state index in [4.69, 9.17) is 0 Å². The van der Waals surface area contributed by atoms with E-state index < -0.39 is 0 Å². The molecule has 0 saturated carbocycles. The molecule has 2 aromatic carbocycles. The fourth-order valence-corrected chi connectivity index (χ4v) is 3.03. The Morgan fingerprint density at radius 3 is 2.60 bits per heavy atom. The Bertz CT molecular complexity index is 812. The zero-order valence-electron chi connectivity index (χ0n) is 11.3. The molecule has 4 heteroatoms. The van der Waals surface area contributed by atoms with Crippen LogP contribution in [0.15, 0.2) is 53.3 Å². The van der Waals surface area contributed by atoms with Crippen LogP contribution in [0.1, 0.15) is 5.56 Å². The van der Waals surface area contributed by atoms with Gasteiger partial charge < -0.3 is 4.90 Å². The molecule has 1 heterocycles. The monoisotopic (exact) mass is 282 g/mol. The molecule has 0 radical (unpaired) electrons. The highest BCUT2D eigenvalue weighted by Gasteiger charge is 2.10. The summed E-state index contributed by atoms with van der Waals surface area (Å²) >= 11 is 1.53. The summed E-state index contributed by atoms with van der Waals surface area (Å²) in [7, 11) is 1.92. The molecular weight excluding hydrogens is 268 g/mol. The van der Waals surface area contributed by atoms with Gasteiger partial charge in [-0.15, -0.1) is 0 Å². The predicted octanol–water partition coefficient (Wildman–Crippen LogP) is 3.73. The number of aryl methyl sites for hydroxylation is 1. The molecule has 0 aliphatic carbocycles. The van der Waals surface area contributed by atoms with Gasteiger partial charge in [0.1, 0.15) is 0 Å². The number of nitrogens with zero attached hydrogens (tertiary/aromatic N) is 2. The quantitative estimate of drug-likeness (QED) is 0.718. The topological polar surface area (TPSA) is 33.2 Å². The van der Waals surface area contributed by atoms with E-state index in [-0.39, 0.29) is 5.56 Å². The van der Waals surface area contributed by atoms with E-state index in [1.54, 1.807) is 0 Å². The first-order valence-electron chi connectivity index (χ1n) is 6.35.